The van der Waals surface area contributed by atoms with Gasteiger partial charge in [0.05, 0.1) is 0 Å². The molecular formula is C8H12O2. The molecule has 2 heteroatoms. The van der Waals surface area contributed by atoms with Crippen molar-refractivity contribution in [3.8, 4) is 0 Å². The molecule has 0 saturated carbocycles. The number of carbonyl (C=O) groups is 1. The number of hydrogen-bond acceptors (Lipinski definition) is 1. The molecule has 0 fully saturated rings. The highest BCUT2D eigenvalue weighted by atomic mass is 16.4. The van der Waals surface area contributed by atoms with Crippen LogP contribution in [0.4, 0.5) is 0 Å². The zero-order chi connectivity index (χ0) is 7.78. The molecule has 0 spiro atoms. The van der Waals surface area contributed by atoms with Gasteiger partial charge in [0.25, 0.3) is 0 Å². The molecule has 0 bridgehead atoms. The van der Waals surface area contributed by atoms with Crippen LogP contribution >= 0.6 is 0 Å². The second-order valence-corrected chi connectivity index (χ2v) is 3.35. The molecule has 0 unspecified atom stereocenters. The fourth-order valence-corrected chi connectivity index (χ4v) is 1.37. The van der Waals surface area contributed by atoms with E-state index in [1.54, 1.807) is 0 Å². The van der Waals surface area contributed by atoms with E-state index in [0.29, 0.717) is 5.57 Å². The number of carboxylic acids is 1. The summed E-state index contributed by atoms with van der Waals surface area (Å²) in [4.78, 5) is 10.5. The largest absolute Gasteiger partial charge is 0.478 e. The van der Waals surface area contributed by atoms with Gasteiger partial charge in [-0.15, -0.1) is 0 Å². The lowest BCUT2D eigenvalue weighted by Gasteiger charge is -2.18. The summed E-state index contributed by atoms with van der Waals surface area (Å²) in [6.07, 6.45) is 3.70. The number of allylic oxidation sites excluding steroid dienone is 1. The van der Waals surface area contributed by atoms with E-state index in [1.165, 1.54) is 0 Å². The summed E-state index contributed by atoms with van der Waals surface area (Å²) in [6, 6.07) is 0. The van der Waals surface area contributed by atoms with Crippen LogP contribution in [0, 0.1) is 5.41 Å². The van der Waals surface area contributed by atoms with Crippen molar-refractivity contribution in [3.63, 3.8) is 0 Å². The molecule has 0 aromatic heterocycles. The highest BCUT2D eigenvalue weighted by Gasteiger charge is 2.31. The third-order valence-corrected chi connectivity index (χ3v) is 2.08. The molecule has 0 amide bonds. The third kappa shape index (κ3) is 1.06. The zero-order valence-corrected chi connectivity index (χ0v) is 6.35. The highest BCUT2D eigenvalue weighted by molar-refractivity contribution is 5.88. The summed E-state index contributed by atoms with van der Waals surface area (Å²) in [7, 11) is 0. The third-order valence-electron chi connectivity index (χ3n) is 2.08. The van der Waals surface area contributed by atoms with Gasteiger partial charge in [-0.1, -0.05) is 19.9 Å². The van der Waals surface area contributed by atoms with Crippen molar-refractivity contribution < 1.29 is 9.90 Å². The number of aliphatic carboxylic acids is 1. The van der Waals surface area contributed by atoms with Gasteiger partial charge < -0.3 is 5.11 Å². The van der Waals surface area contributed by atoms with Crippen LogP contribution in [0.15, 0.2) is 11.6 Å². The normalized spacial score (nSPS) is 22.4. The lowest BCUT2D eigenvalue weighted by atomic mass is 9.86. The summed E-state index contributed by atoms with van der Waals surface area (Å²) in [5.74, 6) is -0.762. The fourth-order valence-electron chi connectivity index (χ4n) is 1.37. The Kier molecular flexibility index (Phi) is 1.55. The summed E-state index contributed by atoms with van der Waals surface area (Å²) >= 11 is 0. The van der Waals surface area contributed by atoms with E-state index in [4.69, 9.17) is 5.11 Å². The van der Waals surface area contributed by atoms with Gasteiger partial charge in [-0.3, -0.25) is 0 Å². The van der Waals surface area contributed by atoms with Crippen LogP contribution < -0.4 is 0 Å². The maximum atomic E-state index is 10.5. The summed E-state index contributed by atoms with van der Waals surface area (Å²) < 4.78 is 0. The van der Waals surface area contributed by atoms with Gasteiger partial charge in [-0.05, 0) is 18.3 Å². The van der Waals surface area contributed by atoms with Crippen LogP contribution in [0.5, 0.6) is 0 Å². The Balaban J connectivity index is 2.85. The van der Waals surface area contributed by atoms with Gasteiger partial charge in [0.2, 0.25) is 0 Å². The Morgan fingerprint density at radius 2 is 2.30 bits per heavy atom. The molecule has 10 heavy (non-hydrogen) atoms. The molecule has 1 aliphatic rings. The Morgan fingerprint density at radius 3 is 2.50 bits per heavy atom. The average molecular weight is 140 g/mol. The minimum Gasteiger partial charge on any atom is -0.478 e. The molecule has 0 radical (unpaired) electrons. The molecule has 0 aromatic rings. The van der Waals surface area contributed by atoms with Crippen molar-refractivity contribution >= 4 is 5.97 Å². The molecule has 2 nitrogen and oxygen atoms in total. The van der Waals surface area contributed by atoms with Crippen LogP contribution in [0.2, 0.25) is 0 Å². The van der Waals surface area contributed by atoms with E-state index >= 15 is 0 Å². The van der Waals surface area contributed by atoms with Crippen molar-refractivity contribution in [2.24, 2.45) is 5.41 Å². The minimum absolute atomic E-state index is 0.105. The quantitative estimate of drug-likeness (QED) is 0.603. The predicted octanol–water partition coefficient (Wildman–Crippen LogP) is 1.82. The van der Waals surface area contributed by atoms with Gasteiger partial charge in [0, 0.05) is 5.57 Å². The first kappa shape index (κ1) is 7.32. The molecule has 1 N–H and O–H groups in total. The molecule has 0 aliphatic heterocycles. The van der Waals surface area contributed by atoms with E-state index in [2.05, 4.69) is 0 Å². The first-order chi connectivity index (χ1) is 4.54. The van der Waals surface area contributed by atoms with Crippen LogP contribution in [0.3, 0.4) is 0 Å². The van der Waals surface area contributed by atoms with Crippen LogP contribution in [0.1, 0.15) is 26.7 Å². The first-order valence-corrected chi connectivity index (χ1v) is 3.48. The lowest BCUT2D eigenvalue weighted by Crippen LogP contribution is -2.16. The van der Waals surface area contributed by atoms with E-state index in [1.807, 2.05) is 19.9 Å². The van der Waals surface area contributed by atoms with Crippen LogP contribution in [-0.2, 0) is 4.79 Å². The number of carboxylic acid groups (broad SMARTS) is 1. The molecule has 0 saturated heterocycles. The standard InChI is InChI=1S/C8H12O2/c1-8(2)5-3-4-6(8)7(9)10/h4H,3,5H2,1-2H3,(H,9,10). The molecule has 0 aromatic carbocycles. The average Bonchev–Trinajstić information content (AvgIpc) is 2.08. The highest BCUT2D eigenvalue weighted by Crippen LogP contribution is 2.37. The lowest BCUT2D eigenvalue weighted by molar-refractivity contribution is -0.133. The van der Waals surface area contributed by atoms with Crippen molar-refractivity contribution in [2.75, 3.05) is 0 Å². The monoisotopic (exact) mass is 140 g/mol. The Labute approximate surface area is 60.6 Å². The first-order valence-electron chi connectivity index (χ1n) is 3.48. The topological polar surface area (TPSA) is 37.3 Å². The second kappa shape index (κ2) is 2.11. The molecule has 1 aliphatic carbocycles. The summed E-state index contributed by atoms with van der Waals surface area (Å²) in [5.41, 5.74) is 0.471. The Hall–Kier alpha value is -0.790. The van der Waals surface area contributed by atoms with E-state index in [9.17, 15) is 4.79 Å². The van der Waals surface area contributed by atoms with Gasteiger partial charge in [0.15, 0.2) is 0 Å². The fraction of sp³-hybridized carbons (Fsp3) is 0.625. The molecule has 0 heterocycles. The Bertz CT molecular complexity index is 189. The van der Waals surface area contributed by atoms with E-state index in [-0.39, 0.29) is 5.41 Å². The molecular weight excluding hydrogens is 128 g/mol. The maximum absolute atomic E-state index is 10.5. The van der Waals surface area contributed by atoms with Crippen molar-refractivity contribution in [1.29, 1.82) is 0 Å². The zero-order valence-electron chi connectivity index (χ0n) is 6.35. The van der Waals surface area contributed by atoms with Crippen molar-refractivity contribution in [2.45, 2.75) is 26.7 Å². The Morgan fingerprint density at radius 1 is 1.70 bits per heavy atom. The summed E-state index contributed by atoms with van der Waals surface area (Å²) in [6.45, 7) is 3.94. The van der Waals surface area contributed by atoms with Gasteiger partial charge in [0.1, 0.15) is 0 Å². The van der Waals surface area contributed by atoms with Gasteiger partial charge in [-0.25, -0.2) is 4.79 Å². The molecule has 1 rings (SSSR count). The second-order valence-electron chi connectivity index (χ2n) is 3.35. The van der Waals surface area contributed by atoms with E-state index in [0.717, 1.165) is 12.8 Å². The SMILES string of the molecule is CC1(C)CCC=C1C(=O)O. The van der Waals surface area contributed by atoms with Crippen LogP contribution in [0.25, 0.3) is 0 Å². The number of hydrogen-bond donors (Lipinski definition) is 1. The van der Waals surface area contributed by atoms with Gasteiger partial charge >= 0.3 is 5.97 Å². The van der Waals surface area contributed by atoms with Crippen molar-refractivity contribution in [1.82, 2.24) is 0 Å². The molecule has 56 valence electrons. The van der Waals surface area contributed by atoms with Gasteiger partial charge in [-0.2, -0.15) is 0 Å². The molecule has 0 atom stereocenters. The summed E-state index contributed by atoms with van der Waals surface area (Å²) in [5, 5.41) is 8.68. The van der Waals surface area contributed by atoms with Crippen molar-refractivity contribution in [3.05, 3.63) is 11.6 Å². The van der Waals surface area contributed by atoms with Crippen LogP contribution in [-0.4, -0.2) is 11.1 Å². The maximum Gasteiger partial charge on any atom is 0.331 e. The predicted molar refractivity (Wildman–Crippen MR) is 38.7 cm³/mol. The smallest absolute Gasteiger partial charge is 0.331 e. The number of rotatable bonds is 1. The van der Waals surface area contributed by atoms with E-state index < -0.39 is 5.97 Å². The minimum atomic E-state index is -0.762.